The molecule has 30 heavy (non-hydrogen) atoms. The Balaban J connectivity index is 1.80. The van der Waals surface area contributed by atoms with E-state index in [0.29, 0.717) is 22.9 Å². The number of hydrogen-bond acceptors (Lipinski definition) is 7. The van der Waals surface area contributed by atoms with E-state index in [-0.39, 0.29) is 11.4 Å². The molecule has 4 aromatic rings. The van der Waals surface area contributed by atoms with E-state index in [2.05, 4.69) is 19.9 Å². The van der Waals surface area contributed by atoms with Gasteiger partial charge in [-0.1, -0.05) is 18.2 Å². The zero-order valence-electron chi connectivity index (χ0n) is 16.2. The molecule has 0 amide bonds. The fourth-order valence-electron chi connectivity index (χ4n) is 3.00. The van der Waals surface area contributed by atoms with Crippen molar-refractivity contribution in [1.29, 1.82) is 0 Å². The standard InChI is InChI=1S/C22H19N5O2S/c1-30(28,29)19-6-4-5-15(10-19)16-9-17(14-24-13-16)21-11-18(12-23)26-22(27-21)20-7-2-3-8-25-20/h2-11,13-14H,12,23H2,1H3. The van der Waals surface area contributed by atoms with Gasteiger partial charge in [0.1, 0.15) is 5.69 Å². The van der Waals surface area contributed by atoms with Gasteiger partial charge in [0.25, 0.3) is 0 Å². The average Bonchev–Trinajstić information content (AvgIpc) is 2.79. The number of pyridine rings is 2. The highest BCUT2D eigenvalue weighted by atomic mass is 32.2. The second kappa shape index (κ2) is 8.10. The topological polar surface area (TPSA) is 112 Å². The number of aromatic nitrogens is 4. The Hall–Kier alpha value is -3.49. The maximum absolute atomic E-state index is 11.9. The van der Waals surface area contributed by atoms with Gasteiger partial charge < -0.3 is 5.73 Å². The maximum atomic E-state index is 11.9. The van der Waals surface area contributed by atoms with Crippen molar-refractivity contribution in [2.45, 2.75) is 11.4 Å². The van der Waals surface area contributed by atoms with E-state index in [4.69, 9.17) is 5.73 Å². The van der Waals surface area contributed by atoms with Gasteiger partial charge in [0.2, 0.25) is 0 Å². The molecule has 0 atom stereocenters. The molecule has 8 heteroatoms. The van der Waals surface area contributed by atoms with E-state index in [0.717, 1.165) is 16.7 Å². The summed E-state index contributed by atoms with van der Waals surface area (Å²) in [5.74, 6) is 0.484. The van der Waals surface area contributed by atoms with Gasteiger partial charge >= 0.3 is 0 Å². The first kappa shape index (κ1) is 19.8. The molecule has 0 spiro atoms. The van der Waals surface area contributed by atoms with Gasteiger partial charge in [-0.2, -0.15) is 0 Å². The van der Waals surface area contributed by atoms with Gasteiger partial charge in [-0.15, -0.1) is 0 Å². The van der Waals surface area contributed by atoms with E-state index in [1.165, 1.54) is 6.26 Å². The summed E-state index contributed by atoms with van der Waals surface area (Å²) in [4.78, 5) is 18.0. The van der Waals surface area contributed by atoms with Gasteiger partial charge in [-0.05, 0) is 42.0 Å². The molecule has 0 saturated heterocycles. The predicted octanol–water partition coefficient (Wildman–Crippen LogP) is 3.13. The Morgan fingerprint density at radius 1 is 0.867 bits per heavy atom. The van der Waals surface area contributed by atoms with E-state index < -0.39 is 9.84 Å². The van der Waals surface area contributed by atoms with Gasteiger partial charge in [0.05, 0.1) is 16.3 Å². The van der Waals surface area contributed by atoms with Crippen LogP contribution >= 0.6 is 0 Å². The van der Waals surface area contributed by atoms with Crippen molar-refractivity contribution in [2.24, 2.45) is 5.73 Å². The quantitative estimate of drug-likeness (QED) is 0.531. The van der Waals surface area contributed by atoms with Crippen molar-refractivity contribution in [3.05, 3.63) is 78.9 Å². The van der Waals surface area contributed by atoms with Crippen LogP contribution in [0.5, 0.6) is 0 Å². The number of nitrogens with zero attached hydrogens (tertiary/aromatic N) is 4. The van der Waals surface area contributed by atoms with Crippen LogP contribution in [0.1, 0.15) is 5.69 Å². The van der Waals surface area contributed by atoms with Crippen molar-refractivity contribution >= 4 is 9.84 Å². The molecule has 0 saturated carbocycles. The molecule has 0 fully saturated rings. The molecule has 0 bridgehead atoms. The molecule has 3 heterocycles. The summed E-state index contributed by atoms with van der Waals surface area (Å²) in [6, 6.07) is 16.1. The van der Waals surface area contributed by atoms with E-state index in [1.807, 2.05) is 36.4 Å². The summed E-state index contributed by atoms with van der Waals surface area (Å²) >= 11 is 0. The summed E-state index contributed by atoms with van der Waals surface area (Å²) in [6.07, 6.45) is 6.27. The number of nitrogens with two attached hydrogens (primary N) is 1. The lowest BCUT2D eigenvalue weighted by atomic mass is 10.0. The molecule has 2 N–H and O–H groups in total. The second-order valence-corrected chi connectivity index (χ2v) is 8.77. The van der Waals surface area contributed by atoms with Gasteiger partial charge in [0.15, 0.2) is 15.7 Å². The molecule has 0 radical (unpaired) electrons. The van der Waals surface area contributed by atoms with Crippen LogP contribution in [0.4, 0.5) is 0 Å². The van der Waals surface area contributed by atoms with Crippen LogP contribution in [0.2, 0.25) is 0 Å². The molecule has 4 rings (SSSR count). The normalized spacial score (nSPS) is 11.4. The van der Waals surface area contributed by atoms with Crippen molar-refractivity contribution in [3.63, 3.8) is 0 Å². The molecule has 0 aliphatic rings. The number of sulfone groups is 1. The minimum atomic E-state index is -3.30. The molecule has 3 aromatic heterocycles. The SMILES string of the molecule is CS(=O)(=O)c1cccc(-c2cncc(-c3cc(CN)nc(-c4ccccn4)n3)c2)c1. The molecule has 150 valence electrons. The lowest BCUT2D eigenvalue weighted by Crippen LogP contribution is -2.04. The van der Waals surface area contributed by atoms with Crippen LogP contribution in [-0.4, -0.2) is 34.6 Å². The third-order valence-corrected chi connectivity index (χ3v) is 5.62. The Morgan fingerprint density at radius 3 is 2.43 bits per heavy atom. The van der Waals surface area contributed by atoms with Crippen molar-refractivity contribution < 1.29 is 8.42 Å². The smallest absolute Gasteiger partial charge is 0.178 e. The summed E-state index contributed by atoms with van der Waals surface area (Å²) in [6.45, 7) is 0.263. The number of rotatable bonds is 5. The lowest BCUT2D eigenvalue weighted by Gasteiger charge is -2.09. The summed E-state index contributed by atoms with van der Waals surface area (Å²) < 4.78 is 23.8. The highest BCUT2D eigenvalue weighted by molar-refractivity contribution is 7.90. The average molecular weight is 417 g/mol. The highest BCUT2D eigenvalue weighted by Crippen LogP contribution is 2.27. The molecule has 0 aliphatic carbocycles. The van der Waals surface area contributed by atoms with Crippen LogP contribution in [0.15, 0.2) is 78.1 Å². The first-order valence-electron chi connectivity index (χ1n) is 9.19. The molecular weight excluding hydrogens is 398 g/mol. The Kier molecular flexibility index (Phi) is 5.35. The lowest BCUT2D eigenvalue weighted by molar-refractivity contribution is 0.602. The molecular formula is C22H19N5O2S. The number of benzene rings is 1. The van der Waals surface area contributed by atoms with Crippen LogP contribution < -0.4 is 5.73 Å². The van der Waals surface area contributed by atoms with Crippen LogP contribution in [-0.2, 0) is 16.4 Å². The molecule has 1 aromatic carbocycles. The van der Waals surface area contributed by atoms with E-state index in [1.54, 1.807) is 36.8 Å². The molecule has 7 nitrogen and oxygen atoms in total. The fraction of sp³-hybridized carbons (Fsp3) is 0.0909. The summed E-state index contributed by atoms with van der Waals surface area (Å²) in [5.41, 5.74) is 10.2. The minimum Gasteiger partial charge on any atom is -0.325 e. The first-order chi connectivity index (χ1) is 14.4. The van der Waals surface area contributed by atoms with Gasteiger partial charge in [0, 0.05) is 42.5 Å². The van der Waals surface area contributed by atoms with Crippen LogP contribution in [0, 0.1) is 0 Å². The molecule has 0 unspecified atom stereocenters. The van der Waals surface area contributed by atoms with Gasteiger partial charge in [-0.25, -0.2) is 18.4 Å². The fourth-order valence-corrected chi connectivity index (χ4v) is 3.67. The Bertz CT molecular complexity index is 1310. The Labute approximate surface area is 174 Å². The van der Waals surface area contributed by atoms with Crippen LogP contribution in [0.25, 0.3) is 33.9 Å². The zero-order valence-corrected chi connectivity index (χ0v) is 17.0. The second-order valence-electron chi connectivity index (χ2n) is 6.75. The van der Waals surface area contributed by atoms with E-state index >= 15 is 0 Å². The minimum absolute atomic E-state index is 0.260. The summed E-state index contributed by atoms with van der Waals surface area (Å²) in [5, 5.41) is 0. The third-order valence-electron chi connectivity index (χ3n) is 4.51. The van der Waals surface area contributed by atoms with Crippen molar-refractivity contribution in [1.82, 2.24) is 19.9 Å². The van der Waals surface area contributed by atoms with Crippen molar-refractivity contribution in [3.8, 4) is 33.9 Å². The predicted molar refractivity (Wildman–Crippen MR) is 115 cm³/mol. The first-order valence-corrected chi connectivity index (χ1v) is 11.1. The van der Waals surface area contributed by atoms with Gasteiger partial charge in [-0.3, -0.25) is 9.97 Å². The third kappa shape index (κ3) is 4.24. The Morgan fingerprint density at radius 2 is 1.70 bits per heavy atom. The van der Waals surface area contributed by atoms with Crippen molar-refractivity contribution in [2.75, 3.05) is 6.26 Å². The monoisotopic (exact) mass is 417 g/mol. The molecule has 0 aliphatic heterocycles. The highest BCUT2D eigenvalue weighted by Gasteiger charge is 2.12. The van der Waals surface area contributed by atoms with Crippen LogP contribution in [0.3, 0.4) is 0 Å². The maximum Gasteiger partial charge on any atom is 0.178 e. The largest absolute Gasteiger partial charge is 0.325 e. The van der Waals surface area contributed by atoms with E-state index in [9.17, 15) is 8.42 Å². The summed E-state index contributed by atoms with van der Waals surface area (Å²) in [7, 11) is -3.30. The number of hydrogen-bond donors (Lipinski definition) is 1. The zero-order chi connectivity index (χ0) is 21.1.